The first kappa shape index (κ1) is 14.1. The molecule has 0 spiro atoms. The number of carbonyl (C=O) groups is 1. The molecule has 0 saturated heterocycles. The molecular formula is C15H16ClNOS. The number of halogens is 1. The van der Waals surface area contributed by atoms with Crippen molar-refractivity contribution < 1.29 is 4.79 Å². The van der Waals surface area contributed by atoms with E-state index < -0.39 is 0 Å². The smallest absolute Gasteiger partial charge is 0.261 e. The van der Waals surface area contributed by atoms with Crippen molar-refractivity contribution in [3.05, 3.63) is 57.8 Å². The number of benzene rings is 1. The molecule has 1 aromatic heterocycles. The molecule has 4 heteroatoms. The lowest BCUT2D eigenvalue weighted by Crippen LogP contribution is -2.28. The molecule has 0 aliphatic rings. The van der Waals surface area contributed by atoms with Gasteiger partial charge in [-0.1, -0.05) is 37.3 Å². The minimum Gasteiger partial charge on any atom is -0.343 e. The average Bonchev–Trinajstić information content (AvgIpc) is 2.94. The second-order valence-corrected chi connectivity index (χ2v) is 5.69. The van der Waals surface area contributed by atoms with E-state index in [1.807, 2.05) is 42.5 Å². The van der Waals surface area contributed by atoms with E-state index >= 15 is 0 Å². The number of nitrogens with one attached hydrogen (secondary N) is 1. The van der Waals surface area contributed by atoms with Crippen LogP contribution >= 0.6 is 22.9 Å². The minimum atomic E-state index is -0.150. The maximum atomic E-state index is 12.2. The molecule has 1 aromatic carbocycles. The van der Waals surface area contributed by atoms with Crippen LogP contribution in [0.1, 0.15) is 33.1 Å². The largest absolute Gasteiger partial charge is 0.343 e. The predicted molar refractivity (Wildman–Crippen MR) is 81.1 cm³/mol. The summed E-state index contributed by atoms with van der Waals surface area (Å²) in [7, 11) is 0. The van der Waals surface area contributed by atoms with Crippen LogP contribution in [0.4, 0.5) is 0 Å². The highest BCUT2D eigenvalue weighted by molar-refractivity contribution is 7.14. The first-order valence-electron chi connectivity index (χ1n) is 6.25. The Morgan fingerprint density at radius 1 is 1.26 bits per heavy atom. The summed E-state index contributed by atoms with van der Waals surface area (Å²) >= 11 is 7.49. The molecule has 100 valence electrons. The highest BCUT2D eigenvalue weighted by Crippen LogP contribution is 2.19. The zero-order valence-electron chi connectivity index (χ0n) is 10.7. The third-order valence-corrected chi connectivity index (χ3v) is 4.43. The van der Waals surface area contributed by atoms with Gasteiger partial charge in [-0.05, 0) is 24.1 Å². The quantitative estimate of drug-likeness (QED) is 0.829. The molecule has 0 radical (unpaired) electrons. The standard InChI is InChI=1S/C15H16ClNOS/c1-2-12-8-9-14(19-12)15(18)17-13(10-16)11-6-4-3-5-7-11/h3-9,13H,2,10H2,1H3,(H,17,18). The van der Waals surface area contributed by atoms with Crippen LogP contribution in [-0.2, 0) is 6.42 Å². The van der Waals surface area contributed by atoms with E-state index in [1.165, 1.54) is 16.2 Å². The summed E-state index contributed by atoms with van der Waals surface area (Å²) in [6, 6.07) is 13.5. The van der Waals surface area contributed by atoms with Gasteiger partial charge in [-0.25, -0.2) is 0 Å². The van der Waals surface area contributed by atoms with E-state index in [-0.39, 0.29) is 11.9 Å². The lowest BCUT2D eigenvalue weighted by molar-refractivity contribution is 0.0944. The Morgan fingerprint density at radius 2 is 2.00 bits per heavy atom. The molecule has 2 nitrogen and oxygen atoms in total. The monoisotopic (exact) mass is 293 g/mol. The maximum Gasteiger partial charge on any atom is 0.261 e. The van der Waals surface area contributed by atoms with Crippen molar-refractivity contribution in [2.45, 2.75) is 19.4 Å². The van der Waals surface area contributed by atoms with Crippen LogP contribution < -0.4 is 5.32 Å². The number of carbonyl (C=O) groups excluding carboxylic acids is 1. The van der Waals surface area contributed by atoms with Crippen LogP contribution in [0.25, 0.3) is 0 Å². The highest BCUT2D eigenvalue weighted by Gasteiger charge is 2.15. The third kappa shape index (κ3) is 3.58. The summed E-state index contributed by atoms with van der Waals surface area (Å²) in [6.45, 7) is 2.08. The molecule has 1 atom stereocenters. The van der Waals surface area contributed by atoms with E-state index in [1.54, 1.807) is 0 Å². The van der Waals surface area contributed by atoms with Gasteiger partial charge in [0.2, 0.25) is 0 Å². The zero-order chi connectivity index (χ0) is 13.7. The molecule has 0 aliphatic carbocycles. The van der Waals surface area contributed by atoms with Crippen molar-refractivity contribution in [2.75, 3.05) is 5.88 Å². The fourth-order valence-corrected chi connectivity index (χ4v) is 2.92. The number of alkyl halides is 1. The zero-order valence-corrected chi connectivity index (χ0v) is 12.3. The van der Waals surface area contributed by atoms with E-state index in [0.717, 1.165) is 16.9 Å². The Kier molecular flexibility index (Phi) is 5.00. The minimum absolute atomic E-state index is 0.0563. The van der Waals surface area contributed by atoms with E-state index in [4.69, 9.17) is 11.6 Å². The van der Waals surface area contributed by atoms with Gasteiger partial charge in [0, 0.05) is 10.8 Å². The molecule has 19 heavy (non-hydrogen) atoms. The Morgan fingerprint density at radius 3 is 2.58 bits per heavy atom. The van der Waals surface area contributed by atoms with Crippen LogP contribution in [0.5, 0.6) is 0 Å². The summed E-state index contributed by atoms with van der Waals surface area (Å²) in [5.41, 5.74) is 1.03. The fourth-order valence-electron chi connectivity index (χ4n) is 1.82. The Labute approximate surface area is 122 Å². The van der Waals surface area contributed by atoms with Gasteiger partial charge in [0.1, 0.15) is 0 Å². The highest BCUT2D eigenvalue weighted by atomic mass is 35.5. The Hall–Kier alpha value is -1.32. The van der Waals surface area contributed by atoms with Crippen LogP contribution in [-0.4, -0.2) is 11.8 Å². The van der Waals surface area contributed by atoms with Crippen LogP contribution in [0.2, 0.25) is 0 Å². The topological polar surface area (TPSA) is 29.1 Å². The number of hydrogen-bond acceptors (Lipinski definition) is 2. The van der Waals surface area contributed by atoms with Crippen LogP contribution in [0.3, 0.4) is 0 Å². The molecule has 1 heterocycles. The normalized spacial score (nSPS) is 12.1. The van der Waals surface area contributed by atoms with Gasteiger partial charge in [-0.3, -0.25) is 4.79 Å². The number of aryl methyl sites for hydroxylation is 1. The van der Waals surface area contributed by atoms with Crippen molar-refractivity contribution in [2.24, 2.45) is 0 Å². The predicted octanol–water partition coefficient (Wildman–Crippen LogP) is 4.02. The second kappa shape index (κ2) is 6.73. The van der Waals surface area contributed by atoms with Gasteiger partial charge >= 0.3 is 0 Å². The van der Waals surface area contributed by atoms with Gasteiger partial charge in [0.15, 0.2) is 0 Å². The summed E-state index contributed by atoms with van der Waals surface area (Å²) in [5.74, 6) is 0.307. The molecule has 0 aliphatic heterocycles. The van der Waals surface area contributed by atoms with Crippen molar-refractivity contribution in [3.8, 4) is 0 Å². The van der Waals surface area contributed by atoms with E-state index in [9.17, 15) is 4.79 Å². The van der Waals surface area contributed by atoms with Gasteiger partial charge in [-0.2, -0.15) is 0 Å². The SMILES string of the molecule is CCc1ccc(C(=O)NC(CCl)c2ccccc2)s1. The van der Waals surface area contributed by atoms with Crippen molar-refractivity contribution >= 4 is 28.8 Å². The Bertz CT molecular complexity index is 538. The average molecular weight is 294 g/mol. The molecule has 0 saturated carbocycles. The number of rotatable bonds is 5. The molecule has 2 aromatic rings. The lowest BCUT2D eigenvalue weighted by atomic mass is 10.1. The van der Waals surface area contributed by atoms with Crippen molar-refractivity contribution in [1.29, 1.82) is 0 Å². The van der Waals surface area contributed by atoms with Crippen molar-refractivity contribution in [1.82, 2.24) is 5.32 Å². The van der Waals surface area contributed by atoms with E-state index in [0.29, 0.717) is 5.88 Å². The summed E-state index contributed by atoms with van der Waals surface area (Å²) in [4.78, 5) is 14.1. The lowest BCUT2D eigenvalue weighted by Gasteiger charge is -2.15. The second-order valence-electron chi connectivity index (χ2n) is 4.21. The molecule has 2 rings (SSSR count). The number of hydrogen-bond donors (Lipinski definition) is 1. The molecule has 1 unspecified atom stereocenters. The third-order valence-electron chi connectivity index (χ3n) is 2.90. The van der Waals surface area contributed by atoms with Crippen LogP contribution in [0.15, 0.2) is 42.5 Å². The summed E-state index contributed by atoms with van der Waals surface area (Å²) < 4.78 is 0. The molecular weight excluding hydrogens is 278 g/mol. The molecule has 1 amide bonds. The molecule has 1 N–H and O–H groups in total. The Balaban J connectivity index is 2.08. The van der Waals surface area contributed by atoms with Gasteiger partial charge in [0.25, 0.3) is 5.91 Å². The molecule has 0 bridgehead atoms. The van der Waals surface area contributed by atoms with E-state index in [2.05, 4.69) is 12.2 Å². The first-order chi connectivity index (χ1) is 9.24. The van der Waals surface area contributed by atoms with Gasteiger partial charge in [0.05, 0.1) is 10.9 Å². The molecule has 0 fully saturated rings. The fraction of sp³-hybridized carbons (Fsp3) is 0.267. The number of thiophene rings is 1. The van der Waals surface area contributed by atoms with Gasteiger partial charge in [-0.15, -0.1) is 22.9 Å². The number of amides is 1. The van der Waals surface area contributed by atoms with Gasteiger partial charge < -0.3 is 5.32 Å². The maximum absolute atomic E-state index is 12.2. The van der Waals surface area contributed by atoms with Crippen molar-refractivity contribution in [3.63, 3.8) is 0 Å². The first-order valence-corrected chi connectivity index (χ1v) is 7.60. The summed E-state index contributed by atoms with van der Waals surface area (Å²) in [6.07, 6.45) is 0.954. The summed E-state index contributed by atoms with van der Waals surface area (Å²) in [5, 5.41) is 2.98. The van der Waals surface area contributed by atoms with Crippen LogP contribution in [0, 0.1) is 0 Å².